The van der Waals surface area contributed by atoms with E-state index in [1.807, 2.05) is 48.5 Å². The fraction of sp³-hybridized carbons (Fsp3) is 0.400. The number of aliphatic hydroxyl groups is 3. The normalized spacial score (nSPS) is 25.7. The van der Waals surface area contributed by atoms with Crippen molar-refractivity contribution in [3.63, 3.8) is 0 Å². The molecule has 0 spiro atoms. The van der Waals surface area contributed by atoms with E-state index in [-0.39, 0.29) is 13.0 Å². The molecule has 0 amide bonds. The molecule has 2 aromatic rings. The summed E-state index contributed by atoms with van der Waals surface area (Å²) in [5.41, 5.74) is 2.04. The van der Waals surface area contributed by atoms with Gasteiger partial charge in [-0.25, -0.2) is 0 Å². The van der Waals surface area contributed by atoms with Gasteiger partial charge in [0.15, 0.2) is 0 Å². The summed E-state index contributed by atoms with van der Waals surface area (Å²) in [6, 6.07) is 15.3. The van der Waals surface area contributed by atoms with E-state index in [9.17, 15) is 15.3 Å². The van der Waals surface area contributed by atoms with Gasteiger partial charge in [-0.15, -0.1) is 0 Å². The zero-order valence-electron chi connectivity index (χ0n) is 14.6. The van der Waals surface area contributed by atoms with Crippen LogP contribution in [-0.2, 0) is 11.2 Å². The second-order valence-corrected chi connectivity index (χ2v) is 6.35. The van der Waals surface area contributed by atoms with Crippen LogP contribution in [-0.4, -0.2) is 53.6 Å². The highest BCUT2D eigenvalue weighted by molar-refractivity contribution is 5.39. The molecule has 0 unspecified atom stereocenters. The van der Waals surface area contributed by atoms with Gasteiger partial charge in [0.2, 0.25) is 6.29 Å². The highest BCUT2D eigenvalue weighted by Crippen LogP contribution is 2.27. The Bertz CT molecular complexity index is 702. The lowest BCUT2D eigenvalue weighted by molar-refractivity contribution is -0.240. The molecular formula is C20H24O6. The predicted octanol–water partition coefficient (Wildman–Crippen LogP) is 1.49. The molecule has 1 fully saturated rings. The molecule has 26 heavy (non-hydrogen) atoms. The van der Waals surface area contributed by atoms with Crippen LogP contribution in [0.1, 0.15) is 17.5 Å². The van der Waals surface area contributed by atoms with E-state index < -0.39 is 24.6 Å². The number of hydrogen-bond donors (Lipinski definition) is 3. The minimum Gasteiger partial charge on any atom is -0.497 e. The molecule has 2 aromatic carbocycles. The van der Waals surface area contributed by atoms with Crippen LogP contribution < -0.4 is 9.47 Å². The van der Waals surface area contributed by atoms with Crippen molar-refractivity contribution in [3.05, 3.63) is 59.7 Å². The third-order valence-electron chi connectivity index (χ3n) is 4.48. The molecule has 4 atom stereocenters. The van der Waals surface area contributed by atoms with Crippen molar-refractivity contribution in [1.82, 2.24) is 0 Å². The summed E-state index contributed by atoms with van der Waals surface area (Å²) in [5.74, 6) is 1.39. The van der Waals surface area contributed by atoms with Crippen LogP contribution in [0.3, 0.4) is 0 Å². The van der Waals surface area contributed by atoms with Gasteiger partial charge in [-0.05, 0) is 29.3 Å². The van der Waals surface area contributed by atoms with E-state index in [2.05, 4.69) is 0 Å². The van der Waals surface area contributed by atoms with E-state index in [1.54, 1.807) is 7.11 Å². The van der Waals surface area contributed by atoms with Crippen LogP contribution in [0.2, 0.25) is 0 Å². The van der Waals surface area contributed by atoms with E-state index in [4.69, 9.17) is 14.2 Å². The van der Waals surface area contributed by atoms with Crippen LogP contribution in [0.15, 0.2) is 48.5 Å². The molecule has 3 rings (SSSR count). The Morgan fingerprint density at radius 3 is 2.46 bits per heavy atom. The van der Waals surface area contributed by atoms with Crippen molar-refractivity contribution in [1.29, 1.82) is 0 Å². The maximum atomic E-state index is 10.1. The fourth-order valence-electron chi connectivity index (χ4n) is 2.99. The average molecular weight is 360 g/mol. The average Bonchev–Trinajstić information content (AvgIpc) is 2.66. The number of rotatable bonds is 6. The summed E-state index contributed by atoms with van der Waals surface area (Å²) in [4.78, 5) is 0. The van der Waals surface area contributed by atoms with Crippen molar-refractivity contribution in [2.24, 2.45) is 0 Å². The Kier molecular flexibility index (Phi) is 6.11. The number of methoxy groups -OCH3 is 1. The first-order valence-corrected chi connectivity index (χ1v) is 8.60. The Labute approximate surface area is 152 Å². The second-order valence-electron chi connectivity index (χ2n) is 6.35. The third-order valence-corrected chi connectivity index (χ3v) is 4.48. The van der Waals surface area contributed by atoms with Crippen LogP contribution in [0.4, 0.5) is 0 Å². The van der Waals surface area contributed by atoms with E-state index in [0.29, 0.717) is 12.2 Å². The van der Waals surface area contributed by atoms with Crippen molar-refractivity contribution in [3.8, 4) is 11.5 Å². The lowest BCUT2D eigenvalue weighted by Gasteiger charge is -2.36. The highest BCUT2D eigenvalue weighted by Gasteiger charge is 2.37. The zero-order valence-corrected chi connectivity index (χ0v) is 14.6. The number of para-hydroxylation sites is 1. The Morgan fingerprint density at radius 2 is 1.77 bits per heavy atom. The van der Waals surface area contributed by atoms with Gasteiger partial charge < -0.3 is 29.5 Å². The molecule has 1 heterocycles. The molecule has 0 aliphatic carbocycles. The Hall–Kier alpha value is -2.12. The second kappa shape index (κ2) is 8.51. The van der Waals surface area contributed by atoms with Gasteiger partial charge in [-0.2, -0.15) is 0 Å². The van der Waals surface area contributed by atoms with Crippen LogP contribution >= 0.6 is 0 Å². The molecule has 6 heteroatoms. The SMILES string of the molecule is COc1ccc(Cc2ccccc2O[C@@H]2O[C@H](CO)[C@@H](O)C[C@H]2O)cc1. The first-order valence-electron chi connectivity index (χ1n) is 8.60. The molecule has 0 aromatic heterocycles. The third kappa shape index (κ3) is 4.34. The van der Waals surface area contributed by atoms with Gasteiger partial charge in [0, 0.05) is 12.8 Å². The van der Waals surface area contributed by atoms with Crippen LogP contribution in [0.25, 0.3) is 0 Å². The van der Waals surface area contributed by atoms with Crippen LogP contribution in [0.5, 0.6) is 11.5 Å². The summed E-state index contributed by atoms with van der Waals surface area (Å²) in [6.45, 7) is -0.332. The van der Waals surface area contributed by atoms with Gasteiger partial charge in [0.1, 0.15) is 23.7 Å². The highest BCUT2D eigenvalue weighted by atomic mass is 16.7. The predicted molar refractivity (Wildman–Crippen MR) is 95.2 cm³/mol. The molecular weight excluding hydrogens is 336 g/mol. The molecule has 1 saturated heterocycles. The van der Waals surface area contributed by atoms with Gasteiger partial charge in [-0.1, -0.05) is 30.3 Å². The molecule has 3 N–H and O–H groups in total. The van der Waals surface area contributed by atoms with Crippen molar-refractivity contribution in [2.75, 3.05) is 13.7 Å². The molecule has 140 valence electrons. The smallest absolute Gasteiger partial charge is 0.226 e. The molecule has 1 aliphatic heterocycles. The maximum Gasteiger partial charge on any atom is 0.226 e. The Morgan fingerprint density at radius 1 is 1.04 bits per heavy atom. The van der Waals surface area contributed by atoms with Crippen molar-refractivity contribution in [2.45, 2.75) is 37.4 Å². The molecule has 6 nitrogen and oxygen atoms in total. The zero-order chi connectivity index (χ0) is 18.5. The van der Waals surface area contributed by atoms with Crippen molar-refractivity contribution >= 4 is 0 Å². The van der Waals surface area contributed by atoms with Gasteiger partial charge in [-0.3, -0.25) is 0 Å². The minimum absolute atomic E-state index is 0.0938. The lowest BCUT2D eigenvalue weighted by Crippen LogP contribution is -2.51. The topological polar surface area (TPSA) is 88.4 Å². The number of aliphatic hydroxyl groups excluding tert-OH is 3. The fourth-order valence-corrected chi connectivity index (χ4v) is 2.99. The Balaban J connectivity index is 1.74. The maximum absolute atomic E-state index is 10.1. The first kappa shape index (κ1) is 18.7. The number of ether oxygens (including phenoxy) is 3. The molecule has 0 bridgehead atoms. The van der Waals surface area contributed by atoms with E-state index in [0.717, 1.165) is 16.9 Å². The molecule has 0 saturated carbocycles. The monoisotopic (exact) mass is 360 g/mol. The van der Waals surface area contributed by atoms with Gasteiger partial charge in [0.05, 0.1) is 19.8 Å². The lowest BCUT2D eigenvalue weighted by atomic mass is 10.0. The summed E-state index contributed by atoms with van der Waals surface area (Å²) < 4.78 is 16.6. The van der Waals surface area contributed by atoms with Gasteiger partial charge in [0.25, 0.3) is 0 Å². The quantitative estimate of drug-likeness (QED) is 0.723. The molecule has 0 radical (unpaired) electrons. The van der Waals surface area contributed by atoms with E-state index in [1.165, 1.54) is 0 Å². The van der Waals surface area contributed by atoms with Crippen LogP contribution in [0, 0.1) is 0 Å². The summed E-state index contributed by atoms with van der Waals surface area (Å²) >= 11 is 0. The van der Waals surface area contributed by atoms with E-state index >= 15 is 0 Å². The summed E-state index contributed by atoms with van der Waals surface area (Å²) in [7, 11) is 1.63. The van der Waals surface area contributed by atoms with Crippen molar-refractivity contribution < 1.29 is 29.5 Å². The summed E-state index contributed by atoms with van der Waals surface area (Å²) in [5, 5.41) is 29.2. The van der Waals surface area contributed by atoms with Gasteiger partial charge >= 0.3 is 0 Å². The molecule has 1 aliphatic rings. The standard InChI is InChI=1S/C20H24O6/c1-24-15-8-6-13(7-9-15)10-14-4-2-3-5-18(14)25-20-17(23)11-16(22)19(12-21)26-20/h2-9,16-17,19-23H,10-12H2,1H3/t16-,17+,19+,20+/m0/s1. The number of hydrogen-bond acceptors (Lipinski definition) is 6. The first-order chi connectivity index (χ1) is 12.6. The summed E-state index contributed by atoms with van der Waals surface area (Å²) in [6.07, 6.45) is -2.85. The largest absolute Gasteiger partial charge is 0.497 e. The minimum atomic E-state index is -0.971. The number of benzene rings is 2.